The molecule has 40 heavy (non-hydrogen) atoms. The van der Waals surface area contributed by atoms with Crippen LogP contribution in [0.2, 0.25) is 0 Å². The Kier molecular flexibility index (Phi) is 8.48. The Morgan fingerprint density at radius 2 is 1.27 bits per heavy atom. The first-order chi connectivity index (χ1) is 19.0. The van der Waals surface area contributed by atoms with E-state index in [1.807, 2.05) is 6.07 Å². The number of unbranched alkanes of at least 4 members (excludes halogenated alkanes) is 1. The van der Waals surface area contributed by atoms with E-state index >= 15 is 0 Å². The fraction of sp³-hybridized carbons (Fsp3) is 0.161. The van der Waals surface area contributed by atoms with E-state index in [1.165, 1.54) is 6.07 Å². The zero-order valence-electron chi connectivity index (χ0n) is 20.9. The van der Waals surface area contributed by atoms with Gasteiger partial charge >= 0.3 is 6.11 Å². The number of rotatable bonds is 7. The molecule has 4 aromatic rings. The van der Waals surface area contributed by atoms with Gasteiger partial charge in [0.1, 0.15) is 28.8 Å². The first-order valence-corrected chi connectivity index (χ1v) is 12.1. The molecule has 0 aliphatic rings. The molecule has 1 nitrogen and oxygen atoms in total. The maximum atomic E-state index is 14.6. The predicted molar refractivity (Wildman–Crippen MR) is 134 cm³/mol. The molecule has 0 unspecified atom stereocenters. The molecule has 0 heterocycles. The third-order valence-corrected chi connectivity index (χ3v) is 5.94. The third kappa shape index (κ3) is 6.45. The number of alkyl halides is 2. The van der Waals surface area contributed by atoms with Gasteiger partial charge in [0.15, 0.2) is 17.5 Å². The molecule has 0 aromatic heterocycles. The van der Waals surface area contributed by atoms with Gasteiger partial charge in [-0.1, -0.05) is 49.5 Å². The van der Waals surface area contributed by atoms with E-state index in [1.54, 1.807) is 30.3 Å². The number of halogens is 8. The van der Waals surface area contributed by atoms with Crippen molar-refractivity contribution in [2.45, 2.75) is 32.3 Å². The Hall–Kier alpha value is -4.32. The summed E-state index contributed by atoms with van der Waals surface area (Å²) in [6.07, 6.45) is -1.96. The van der Waals surface area contributed by atoms with Gasteiger partial charge in [0.2, 0.25) is 0 Å². The van der Waals surface area contributed by atoms with Gasteiger partial charge in [0.25, 0.3) is 0 Å². The molecular formula is C31H20F8O. The van der Waals surface area contributed by atoms with Crippen molar-refractivity contribution >= 4 is 0 Å². The smallest absolute Gasteiger partial charge is 0.429 e. The second-order valence-electron chi connectivity index (χ2n) is 8.88. The molecule has 0 fully saturated rings. The van der Waals surface area contributed by atoms with Crippen molar-refractivity contribution in [2.75, 3.05) is 0 Å². The maximum absolute atomic E-state index is 14.6. The van der Waals surface area contributed by atoms with E-state index in [9.17, 15) is 35.1 Å². The minimum atomic E-state index is -4.70. The average molecular weight is 560 g/mol. The lowest BCUT2D eigenvalue weighted by Gasteiger charge is -2.19. The van der Waals surface area contributed by atoms with Gasteiger partial charge in [0.05, 0.1) is 0 Å². The van der Waals surface area contributed by atoms with E-state index in [0.29, 0.717) is 28.8 Å². The minimum absolute atomic E-state index is 0.115. The third-order valence-electron chi connectivity index (χ3n) is 5.94. The van der Waals surface area contributed by atoms with Crippen molar-refractivity contribution in [1.29, 1.82) is 0 Å². The van der Waals surface area contributed by atoms with Crippen molar-refractivity contribution in [2.24, 2.45) is 0 Å². The van der Waals surface area contributed by atoms with Crippen molar-refractivity contribution in [3.8, 4) is 28.7 Å². The Bertz CT molecular complexity index is 1550. The zero-order chi connectivity index (χ0) is 29.0. The van der Waals surface area contributed by atoms with Gasteiger partial charge in [-0.05, 0) is 54.3 Å². The fourth-order valence-corrected chi connectivity index (χ4v) is 3.92. The van der Waals surface area contributed by atoms with E-state index in [4.69, 9.17) is 0 Å². The normalized spacial score (nSPS) is 11.2. The standard InChI is InChI=1S/C31H20F8O/c1-2-3-4-19-9-12-23(24(32)13-19)21-10-7-18(8-11-21)5-6-20-14-25(33)29(26(34)15-20)31(38,39)40-22-16-27(35)30(37)28(36)17-22/h7-17H,2-4H2,1H3. The second-order valence-corrected chi connectivity index (χ2v) is 8.88. The second kappa shape index (κ2) is 11.8. The quantitative estimate of drug-likeness (QED) is 0.125. The molecular weight excluding hydrogens is 540 g/mol. The number of ether oxygens (including phenoxy) is 1. The topological polar surface area (TPSA) is 9.23 Å². The van der Waals surface area contributed by atoms with E-state index in [0.717, 1.165) is 24.8 Å². The molecule has 0 radical (unpaired) electrons. The van der Waals surface area contributed by atoms with Gasteiger partial charge in [-0.25, -0.2) is 26.3 Å². The van der Waals surface area contributed by atoms with Crippen LogP contribution in [0.4, 0.5) is 35.1 Å². The fourth-order valence-electron chi connectivity index (χ4n) is 3.92. The number of benzene rings is 4. The molecule has 0 aliphatic carbocycles. The highest BCUT2D eigenvalue weighted by Crippen LogP contribution is 2.36. The van der Waals surface area contributed by atoms with E-state index in [2.05, 4.69) is 23.5 Å². The van der Waals surface area contributed by atoms with Crippen LogP contribution in [0.15, 0.2) is 66.7 Å². The van der Waals surface area contributed by atoms with E-state index in [-0.39, 0.29) is 23.5 Å². The highest BCUT2D eigenvalue weighted by atomic mass is 19.3. The highest BCUT2D eigenvalue weighted by molar-refractivity contribution is 5.65. The summed E-state index contributed by atoms with van der Waals surface area (Å²) >= 11 is 0. The molecule has 9 heteroatoms. The summed E-state index contributed by atoms with van der Waals surface area (Å²) in [5.41, 5.74) is 0.186. The number of hydrogen-bond donors (Lipinski definition) is 0. The predicted octanol–water partition coefficient (Wildman–Crippen LogP) is 9.06. The largest absolute Gasteiger partial charge is 0.432 e. The first kappa shape index (κ1) is 28.7. The molecule has 4 aromatic carbocycles. The van der Waals surface area contributed by atoms with Crippen LogP contribution in [0.3, 0.4) is 0 Å². The Labute approximate surface area is 225 Å². The van der Waals surface area contributed by atoms with Gasteiger partial charge < -0.3 is 4.74 Å². The summed E-state index contributed by atoms with van der Waals surface area (Å²) in [5.74, 6) is -5.48. The lowest BCUT2D eigenvalue weighted by molar-refractivity contribution is -0.189. The molecule has 0 N–H and O–H groups in total. The molecule has 0 atom stereocenters. The Morgan fingerprint density at radius 3 is 1.85 bits per heavy atom. The van der Waals surface area contributed by atoms with Gasteiger partial charge in [-0.15, -0.1) is 0 Å². The number of aryl methyl sites for hydroxylation is 1. The first-order valence-electron chi connectivity index (χ1n) is 12.1. The maximum Gasteiger partial charge on any atom is 0.432 e. The summed E-state index contributed by atoms with van der Waals surface area (Å²) in [6.45, 7) is 2.05. The molecule has 4 rings (SSSR count). The van der Waals surface area contributed by atoms with Gasteiger partial charge in [-0.2, -0.15) is 8.78 Å². The van der Waals surface area contributed by atoms with Crippen LogP contribution in [-0.2, 0) is 12.5 Å². The molecule has 0 saturated carbocycles. The summed E-state index contributed by atoms with van der Waals surface area (Å²) < 4.78 is 116. The minimum Gasteiger partial charge on any atom is -0.429 e. The lowest BCUT2D eigenvalue weighted by Crippen LogP contribution is -2.25. The van der Waals surface area contributed by atoms with Crippen molar-refractivity contribution < 1.29 is 39.9 Å². The van der Waals surface area contributed by atoms with Crippen LogP contribution < -0.4 is 4.74 Å². The SMILES string of the molecule is CCCCc1ccc(-c2ccc(C#Cc3cc(F)c(C(F)(F)Oc4cc(F)c(F)c(F)c4)c(F)c3)cc2)c(F)c1. The number of hydrogen-bond acceptors (Lipinski definition) is 1. The summed E-state index contributed by atoms with van der Waals surface area (Å²) in [4.78, 5) is 0. The lowest BCUT2D eigenvalue weighted by atomic mass is 10.00. The van der Waals surface area contributed by atoms with Crippen molar-refractivity contribution in [3.05, 3.63) is 124 Å². The van der Waals surface area contributed by atoms with Crippen LogP contribution in [-0.4, -0.2) is 0 Å². The van der Waals surface area contributed by atoms with Gasteiger partial charge in [0, 0.05) is 28.8 Å². The Balaban J connectivity index is 1.53. The molecule has 0 saturated heterocycles. The van der Waals surface area contributed by atoms with Crippen LogP contribution in [0.25, 0.3) is 11.1 Å². The van der Waals surface area contributed by atoms with Crippen molar-refractivity contribution in [3.63, 3.8) is 0 Å². The Morgan fingerprint density at radius 1 is 0.675 bits per heavy atom. The van der Waals surface area contributed by atoms with Crippen LogP contribution in [0.1, 0.15) is 42.0 Å². The summed E-state index contributed by atoms with van der Waals surface area (Å²) in [6, 6.07) is 12.7. The molecule has 0 bridgehead atoms. The molecule has 0 aliphatic heterocycles. The zero-order valence-corrected chi connectivity index (χ0v) is 20.9. The average Bonchev–Trinajstić information content (AvgIpc) is 2.89. The highest BCUT2D eigenvalue weighted by Gasteiger charge is 2.41. The summed E-state index contributed by atoms with van der Waals surface area (Å²) in [7, 11) is 0. The van der Waals surface area contributed by atoms with Gasteiger partial charge in [-0.3, -0.25) is 0 Å². The van der Waals surface area contributed by atoms with E-state index < -0.39 is 46.5 Å². The van der Waals surface area contributed by atoms with Crippen LogP contribution >= 0.6 is 0 Å². The summed E-state index contributed by atoms with van der Waals surface area (Å²) in [5, 5.41) is 0. The molecule has 206 valence electrons. The van der Waals surface area contributed by atoms with Crippen LogP contribution in [0.5, 0.6) is 5.75 Å². The van der Waals surface area contributed by atoms with Crippen LogP contribution in [0, 0.1) is 46.7 Å². The molecule has 0 amide bonds. The monoisotopic (exact) mass is 560 g/mol. The molecule has 0 spiro atoms. The van der Waals surface area contributed by atoms with Crippen molar-refractivity contribution in [1.82, 2.24) is 0 Å².